The molecular formula is C12H20N4O5. The molecule has 9 nitrogen and oxygen atoms in total. The molecule has 1 fully saturated rings. The largest absolute Gasteiger partial charge is 0.480 e. The number of carbonyl (C=O) groups is 4. The second kappa shape index (κ2) is 8.08. The van der Waals surface area contributed by atoms with E-state index < -0.39 is 31.0 Å². The van der Waals surface area contributed by atoms with E-state index in [0.29, 0.717) is 0 Å². The highest BCUT2D eigenvalue weighted by Gasteiger charge is 2.20. The lowest BCUT2D eigenvalue weighted by Gasteiger charge is -2.20. The topological polar surface area (TPSA) is 133 Å². The molecule has 1 aliphatic heterocycles. The minimum Gasteiger partial charge on any atom is -0.480 e. The smallest absolute Gasteiger partial charge is 0.323 e. The van der Waals surface area contributed by atoms with Gasteiger partial charge in [0.15, 0.2) is 0 Å². The number of carboxylic acids is 1. The van der Waals surface area contributed by atoms with E-state index in [-0.39, 0.29) is 18.9 Å². The third kappa shape index (κ3) is 6.11. The van der Waals surface area contributed by atoms with E-state index in [4.69, 9.17) is 10.8 Å². The minimum absolute atomic E-state index is 0.0486. The number of primary amides is 1. The zero-order chi connectivity index (χ0) is 15.8. The number of nitrogens with one attached hydrogen (secondary N) is 1. The molecule has 0 atom stereocenters. The van der Waals surface area contributed by atoms with Crippen LogP contribution in [0, 0.1) is 0 Å². The van der Waals surface area contributed by atoms with Crippen LogP contribution in [0.5, 0.6) is 0 Å². The maximum Gasteiger partial charge on any atom is 0.323 e. The summed E-state index contributed by atoms with van der Waals surface area (Å²) in [5.74, 6) is -2.11. The van der Waals surface area contributed by atoms with Gasteiger partial charge in [-0.25, -0.2) is 4.79 Å². The van der Waals surface area contributed by atoms with Crippen LogP contribution in [-0.4, -0.2) is 71.4 Å². The predicted molar refractivity (Wildman–Crippen MR) is 72.2 cm³/mol. The number of urea groups is 1. The average molecular weight is 300 g/mol. The van der Waals surface area contributed by atoms with Gasteiger partial charge in [-0.05, 0) is 12.8 Å². The standard InChI is InChI=1S/C12H20N4O5/c13-9(17)7-16(8-11(19)20)12(21)14-4-3-10(18)15-5-1-2-6-15/h1-8H2,(H2,13,17)(H,14,21)(H,19,20). The quantitative estimate of drug-likeness (QED) is 0.530. The molecule has 1 heterocycles. The first kappa shape index (κ1) is 16.7. The van der Waals surface area contributed by atoms with Gasteiger partial charge in [-0.15, -0.1) is 0 Å². The lowest BCUT2D eigenvalue weighted by molar-refractivity contribution is -0.138. The van der Waals surface area contributed by atoms with Crippen molar-refractivity contribution in [3.63, 3.8) is 0 Å². The Hall–Kier alpha value is -2.32. The summed E-state index contributed by atoms with van der Waals surface area (Å²) < 4.78 is 0. The fraction of sp³-hybridized carbons (Fsp3) is 0.667. The van der Waals surface area contributed by atoms with Crippen molar-refractivity contribution in [2.24, 2.45) is 5.73 Å². The second-order valence-corrected chi connectivity index (χ2v) is 4.79. The van der Waals surface area contributed by atoms with E-state index in [1.54, 1.807) is 4.90 Å². The normalized spacial score (nSPS) is 13.8. The Balaban J connectivity index is 2.36. The molecule has 1 rings (SSSR count). The highest BCUT2D eigenvalue weighted by Crippen LogP contribution is 2.08. The van der Waals surface area contributed by atoms with Crippen LogP contribution >= 0.6 is 0 Å². The van der Waals surface area contributed by atoms with Crippen LogP contribution in [0.1, 0.15) is 19.3 Å². The zero-order valence-electron chi connectivity index (χ0n) is 11.7. The van der Waals surface area contributed by atoms with Crippen LogP contribution in [-0.2, 0) is 14.4 Å². The van der Waals surface area contributed by atoms with Gasteiger partial charge in [-0.3, -0.25) is 14.4 Å². The number of carboxylic acid groups (broad SMARTS) is 1. The van der Waals surface area contributed by atoms with Crippen LogP contribution in [0.2, 0.25) is 0 Å². The summed E-state index contributed by atoms with van der Waals surface area (Å²) in [6, 6.07) is -0.731. The molecule has 0 spiro atoms. The SMILES string of the molecule is NC(=O)CN(CC(=O)O)C(=O)NCCC(=O)N1CCCC1. The lowest BCUT2D eigenvalue weighted by atomic mass is 10.3. The Morgan fingerprint density at radius 2 is 1.76 bits per heavy atom. The molecule has 9 heteroatoms. The first-order chi connectivity index (χ1) is 9.90. The molecule has 0 aromatic carbocycles. The van der Waals surface area contributed by atoms with Gasteiger partial charge in [0.2, 0.25) is 11.8 Å². The van der Waals surface area contributed by atoms with E-state index in [0.717, 1.165) is 30.8 Å². The summed E-state index contributed by atoms with van der Waals surface area (Å²) in [5.41, 5.74) is 4.95. The third-order valence-corrected chi connectivity index (χ3v) is 3.03. The van der Waals surface area contributed by atoms with Gasteiger partial charge in [0.25, 0.3) is 0 Å². The maximum absolute atomic E-state index is 11.7. The van der Waals surface area contributed by atoms with Gasteiger partial charge >= 0.3 is 12.0 Å². The van der Waals surface area contributed by atoms with Gasteiger partial charge in [-0.1, -0.05) is 0 Å². The van der Waals surface area contributed by atoms with Gasteiger partial charge in [-0.2, -0.15) is 0 Å². The van der Waals surface area contributed by atoms with E-state index in [2.05, 4.69) is 5.32 Å². The maximum atomic E-state index is 11.7. The monoisotopic (exact) mass is 300 g/mol. The average Bonchev–Trinajstić information content (AvgIpc) is 2.90. The number of nitrogens with zero attached hydrogens (tertiary/aromatic N) is 2. The number of hydrogen-bond donors (Lipinski definition) is 3. The van der Waals surface area contributed by atoms with Crippen molar-refractivity contribution in [1.82, 2.24) is 15.1 Å². The first-order valence-electron chi connectivity index (χ1n) is 6.71. The molecular weight excluding hydrogens is 280 g/mol. The van der Waals surface area contributed by atoms with Crippen molar-refractivity contribution in [2.75, 3.05) is 32.7 Å². The lowest BCUT2D eigenvalue weighted by Crippen LogP contribution is -2.47. The number of hydrogen-bond acceptors (Lipinski definition) is 4. The fourth-order valence-electron chi connectivity index (χ4n) is 2.06. The molecule has 4 N–H and O–H groups in total. The number of nitrogens with two attached hydrogens (primary N) is 1. The number of carbonyl (C=O) groups excluding carboxylic acids is 3. The molecule has 0 aliphatic carbocycles. The molecule has 0 aromatic heterocycles. The molecule has 0 bridgehead atoms. The fourth-order valence-corrected chi connectivity index (χ4v) is 2.06. The van der Waals surface area contributed by atoms with Crippen LogP contribution < -0.4 is 11.1 Å². The van der Waals surface area contributed by atoms with E-state index in [1.807, 2.05) is 0 Å². The summed E-state index contributed by atoms with van der Waals surface area (Å²) in [4.78, 5) is 47.4. The summed E-state index contributed by atoms with van der Waals surface area (Å²) in [6.45, 7) is 0.440. The Bertz CT molecular complexity index is 404. The first-order valence-corrected chi connectivity index (χ1v) is 6.71. The highest BCUT2D eigenvalue weighted by molar-refractivity contribution is 5.86. The van der Waals surface area contributed by atoms with Crippen molar-refractivity contribution in [3.05, 3.63) is 0 Å². The molecule has 0 saturated carbocycles. The summed E-state index contributed by atoms with van der Waals surface area (Å²) in [7, 11) is 0. The minimum atomic E-state index is -1.25. The second-order valence-electron chi connectivity index (χ2n) is 4.79. The summed E-state index contributed by atoms with van der Waals surface area (Å²) in [5, 5.41) is 11.1. The molecule has 1 saturated heterocycles. The number of rotatable bonds is 7. The van der Waals surface area contributed by atoms with Crippen molar-refractivity contribution in [2.45, 2.75) is 19.3 Å². The van der Waals surface area contributed by atoms with E-state index in [9.17, 15) is 19.2 Å². The van der Waals surface area contributed by atoms with Crippen molar-refractivity contribution < 1.29 is 24.3 Å². The molecule has 4 amide bonds. The van der Waals surface area contributed by atoms with Gasteiger partial charge in [0, 0.05) is 26.1 Å². The van der Waals surface area contributed by atoms with Crippen molar-refractivity contribution in [1.29, 1.82) is 0 Å². The highest BCUT2D eigenvalue weighted by atomic mass is 16.4. The van der Waals surface area contributed by atoms with Crippen molar-refractivity contribution in [3.8, 4) is 0 Å². The Labute approximate surface area is 122 Å². The Kier molecular flexibility index (Phi) is 6.44. The molecule has 0 radical (unpaired) electrons. The summed E-state index contributed by atoms with van der Waals surface area (Å²) in [6.07, 6.45) is 2.12. The zero-order valence-corrected chi connectivity index (χ0v) is 11.7. The Morgan fingerprint density at radius 3 is 2.29 bits per heavy atom. The van der Waals surface area contributed by atoms with E-state index >= 15 is 0 Å². The van der Waals surface area contributed by atoms with Crippen LogP contribution in [0.4, 0.5) is 4.79 Å². The van der Waals surface area contributed by atoms with Crippen LogP contribution in [0.25, 0.3) is 0 Å². The van der Waals surface area contributed by atoms with Crippen LogP contribution in [0.3, 0.4) is 0 Å². The number of likely N-dealkylation sites (tertiary alicyclic amines) is 1. The summed E-state index contributed by atoms with van der Waals surface area (Å²) >= 11 is 0. The Morgan fingerprint density at radius 1 is 1.14 bits per heavy atom. The van der Waals surface area contributed by atoms with Gasteiger partial charge in [0.05, 0.1) is 0 Å². The molecule has 118 valence electrons. The van der Waals surface area contributed by atoms with Gasteiger partial charge in [0.1, 0.15) is 13.1 Å². The third-order valence-electron chi connectivity index (χ3n) is 3.03. The van der Waals surface area contributed by atoms with Crippen LogP contribution in [0.15, 0.2) is 0 Å². The number of aliphatic carboxylic acids is 1. The van der Waals surface area contributed by atoms with Gasteiger partial charge < -0.3 is 26.0 Å². The molecule has 1 aliphatic rings. The number of amides is 4. The predicted octanol–water partition coefficient (Wildman–Crippen LogP) is -1.42. The molecule has 0 unspecified atom stereocenters. The van der Waals surface area contributed by atoms with E-state index in [1.165, 1.54) is 0 Å². The molecule has 0 aromatic rings. The van der Waals surface area contributed by atoms with Crippen molar-refractivity contribution >= 4 is 23.8 Å². The molecule has 21 heavy (non-hydrogen) atoms.